The summed E-state index contributed by atoms with van der Waals surface area (Å²) >= 11 is 0. The average molecular weight is 449 g/mol. The Kier molecular flexibility index (Phi) is 6.04. The van der Waals surface area contributed by atoms with Crippen LogP contribution in [-0.4, -0.2) is 74.3 Å². The molecule has 0 radical (unpaired) electrons. The zero-order valence-electron chi connectivity index (χ0n) is 18.8. The molecule has 3 aromatic rings. The highest BCUT2D eigenvalue weighted by Gasteiger charge is 2.30. The van der Waals surface area contributed by atoms with Gasteiger partial charge in [0.1, 0.15) is 24.9 Å². The highest BCUT2D eigenvalue weighted by atomic mass is 16.5. The van der Waals surface area contributed by atoms with Crippen molar-refractivity contribution in [3.05, 3.63) is 53.4 Å². The lowest BCUT2D eigenvalue weighted by Gasteiger charge is -2.18. The van der Waals surface area contributed by atoms with E-state index in [1.165, 1.54) is 0 Å². The molecule has 2 saturated heterocycles. The number of aryl methyl sites for hydroxylation is 1. The molecule has 2 amide bonds. The number of hydrogen-bond acceptors (Lipinski definition) is 6. The number of hydrogen-bond donors (Lipinski definition) is 1. The van der Waals surface area contributed by atoms with Crippen LogP contribution in [0.1, 0.15) is 52.9 Å². The third-order valence-electron chi connectivity index (χ3n) is 6.43. The number of amides is 2. The van der Waals surface area contributed by atoms with Crippen molar-refractivity contribution in [2.24, 2.45) is 0 Å². The molecule has 5 rings (SSSR count). The highest BCUT2D eigenvalue weighted by Crippen LogP contribution is 2.26. The van der Waals surface area contributed by atoms with Crippen LogP contribution in [0.15, 0.2) is 30.5 Å². The van der Waals surface area contributed by atoms with Gasteiger partial charge in [-0.1, -0.05) is 12.1 Å². The van der Waals surface area contributed by atoms with E-state index in [1.54, 1.807) is 11.1 Å². The van der Waals surface area contributed by atoms with Crippen LogP contribution >= 0.6 is 0 Å². The van der Waals surface area contributed by atoms with E-state index in [0.29, 0.717) is 36.0 Å². The first-order valence-electron chi connectivity index (χ1n) is 11.5. The summed E-state index contributed by atoms with van der Waals surface area (Å²) in [5.41, 5.74) is 3.11. The number of aromatic amines is 1. The van der Waals surface area contributed by atoms with Crippen LogP contribution in [0.4, 0.5) is 0 Å². The predicted octanol–water partition coefficient (Wildman–Crippen LogP) is 2.43. The zero-order chi connectivity index (χ0) is 22.8. The second-order valence-electron chi connectivity index (χ2n) is 8.75. The molecule has 0 saturated carbocycles. The van der Waals surface area contributed by atoms with Gasteiger partial charge in [-0.25, -0.2) is 15.0 Å². The SMILES string of the molecule is Cc1nc([C@@H]2CCN(C(=O)COCc3nc4ccccc4[nH]3)C2)ncc1C(=O)N1CCCC1. The molecule has 33 heavy (non-hydrogen) atoms. The van der Waals surface area contributed by atoms with Gasteiger partial charge in [0.2, 0.25) is 5.91 Å². The van der Waals surface area contributed by atoms with E-state index in [4.69, 9.17) is 4.74 Å². The number of carbonyl (C=O) groups excluding carboxylic acids is 2. The van der Waals surface area contributed by atoms with E-state index in [1.807, 2.05) is 36.1 Å². The van der Waals surface area contributed by atoms with Gasteiger partial charge in [0.15, 0.2) is 0 Å². The van der Waals surface area contributed by atoms with Gasteiger partial charge >= 0.3 is 0 Å². The molecule has 172 valence electrons. The van der Waals surface area contributed by atoms with E-state index < -0.39 is 0 Å². The number of nitrogens with zero attached hydrogens (tertiary/aromatic N) is 5. The van der Waals surface area contributed by atoms with Crippen LogP contribution in [0.2, 0.25) is 0 Å². The maximum absolute atomic E-state index is 12.7. The van der Waals surface area contributed by atoms with Crippen LogP contribution in [0.5, 0.6) is 0 Å². The fourth-order valence-electron chi connectivity index (χ4n) is 4.58. The minimum absolute atomic E-state index is 0.00687. The van der Waals surface area contributed by atoms with Gasteiger partial charge in [-0.3, -0.25) is 9.59 Å². The van der Waals surface area contributed by atoms with Crippen LogP contribution in [-0.2, 0) is 16.1 Å². The molecule has 1 atom stereocenters. The Hall–Kier alpha value is -3.33. The van der Waals surface area contributed by atoms with Crippen molar-refractivity contribution >= 4 is 22.8 Å². The zero-order valence-corrected chi connectivity index (χ0v) is 18.8. The molecule has 0 aliphatic carbocycles. The molecule has 2 aliphatic heterocycles. The Labute approximate surface area is 192 Å². The second-order valence-corrected chi connectivity index (χ2v) is 8.75. The van der Waals surface area contributed by atoms with Gasteiger partial charge in [0.05, 0.1) is 22.3 Å². The summed E-state index contributed by atoms with van der Waals surface area (Å²) in [7, 11) is 0. The van der Waals surface area contributed by atoms with Crippen molar-refractivity contribution < 1.29 is 14.3 Å². The Morgan fingerprint density at radius 2 is 1.94 bits per heavy atom. The molecular weight excluding hydrogens is 420 g/mol. The van der Waals surface area contributed by atoms with Gasteiger partial charge in [-0.05, 0) is 38.3 Å². The van der Waals surface area contributed by atoms with Gasteiger partial charge in [-0.15, -0.1) is 0 Å². The standard InChI is InChI=1S/C24H28N6O3/c1-16-18(24(32)29-9-4-5-10-29)12-25-23(26-16)17-8-11-30(13-17)22(31)15-33-14-21-27-19-6-2-3-7-20(19)28-21/h2-3,6-7,12,17H,4-5,8-11,13-15H2,1H3,(H,27,28)/t17-/m1/s1. The maximum atomic E-state index is 12.7. The fourth-order valence-corrected chi connectivity index (χ4v) is 4.58. The number of para-hydroxylation sites is 2. The number of aromatic nitrogens is 4. The topological polar surface area (TPSA) is 104 Å². The number of imidazole rings is 1. The number of likely N-dealkylation sites (tertiary alicyclic amines) is 2. The van der Waals surface area contributed by atoms with Crippen molar-refractivity contribution in [1.82, 2.24) is 29.7 Å². The first-order chi connectivity index (χ1) is 16.1. The first-order valence-corrected chi connectivity index (χ1v) is 11.5. The molecule has 2 aliphatic rings. The third-order valence-corrected chi connectivity index (χ3v) is 6.43. The smallest absolute Gasteiger partial charge is 0.257 e. The van der Waals surface area contributed by atoms with E-state index >= 15 is 0 Å². The predicted molar refractivity (Wildman–Crippen MR) is 122 cm³/mol. The summed E-state index contributed by atoms with van der Waals surface area (Å²) < 4.78 is 5.62. The Morgan fingerprint density at radius 3 is 2.73 bits per heavy atom. The number of carbonyl (C=O) groups is 2. The van der Waals surface area contributed by atoms with Crippen LogP contribution in [0, 0.1) is 6.92 Å². The van der Waals surface area contributed by atoms with Crippen molar-refractivity contribution in [1.29, 1.82) is 0 Å². The summed E-state index contributed by atoms with van der Waals surface area (Å²) in [6.07, 6.45) is 4.56. The summed E-state index contributed by atoms with van der Waals surface area (Å²) in [4.78, 5) is 45.7. The van der Waals surface area contributed by atoms with Crippen molar-refractivity contribution in [3.63, 3.8) is 0 Å². The minimum atomic E-state index is -0.0498. The van der Waals surface area contributed by atoms with Crippen LogP contribution in [0.3, 0.4) is 0 Å². The molecule has 1 N–H and O–H groups in total. The molecule has 2 fully saturated rings. The molecule has 9 heteroatoms. The summed E-state index contributed by atoms with van der Waals surface area (Å²) in [6.45, 7) is 4.94. The van der Waals surface area contributed by atoms with Crippen LogP contribution in [0.25, 0.3) is 11.0 Å². The Bertz CT molecular complexity index is 1140. The quantitative estimate of drug-likeness (QED) is 0.621. The number of fused-ring (bicyclic) bond motifs is 1. The fraction of sp³-hybridized carbons (Fsp3) is 0.458. The van der Waals surface area contributed by atoms with Gasteiger partial charge < -0.3 is 19.5 Å². The van der Waals surface area contributed by atoms with E-state index in [-0.39, 0.29) is 30.9 Å². The summed E-state index contributed by atoms with van der Waals surface area (Å²) in [5.74, 6) is 1.44. The summed E-state index contributed by atoms with van der Waals surface area (Å²) in [6, 6.07) is 7.78. The van der Waals surface area contributed by atoms with E-state index in [0.717, 1.165) is 43.4 Å². The molecule has 9 nitrogen and oxygen atoms in total. The first kappa shape index (κ1) is 21.5. The monoisotopic (exact) mass is 448 g/mol. The lowest BCUT2D eigenvalue weighted by Crippen LogP contribution is -2.32. The number of ether oxygens (including phenoxy) is 1. The second kappa shape index (κ2) is 9.27. The summed E-state index contributed by atoms with van der Waals surface area (Å²) in [5, 5.41) is 0. The third kappa shape index (κ3) is 4.59. The molecular formula is C24H28N6O3. The lowest BCUT2D eigenvalue weighted by atomic mass is 10.1. The van der Waals surface area contributed by atoms with Gasteiger partial charge in [0, 0.05) is 38.3 Å². The number of nitrogens with one attached hydrogen (secondary N) is 1. The highest BCUT2D eigenvalue weighted by molar-refractivity contribution is 5.95. The molecule has 0 spiro atoms. The lowest BCUT2D eigenvalue weighted by molar-refractivity contribution is -0.135. The molecule has 4 heterocycles. The molecule has 1 aromatic carbocycles. The number of benzene rings is 1. The number of rotatable bonds is 6. The maximum Gasteiger partial charge on any atom is 0.257 e. The largest absolute Gasteiger partial charge is 0.364 e. The minimum Gasteiger partial charge on any atom is -0.364 e. The van der Waals surface area contributed by atoms with Crippen LogP contribution < -0.4 is 0 Å². The molecule has 0 bridgehead atoms. The van der Waals surface area contributed by atoms with E-state index in [2.05, 4.69) is 19.9 Å². The van der Waals surface area contributed by atoms with Crippen molar-refractivity contribution in [2.45, 2.75) is 38.7 Å². The van der Waals surface area contributed by atoms with Crippen molar-refractivity contribution in [3.8, 4) is 0 Å². The molecule has 2 aromatic heterocycles. The molecule has 0 unspecified atom stereocenters. The normalized spacial score (nSPS) is 18.4. The Morgan fingerprint density at radius 1 is 1.12 bits per heavy atom. The van der Waals surface area contributed by atoms with E-state index in [9.17, 15) is 9.59 Å². The number of H-pyrrole nitrogens is 1. The Balaban J connectivity index is 1.14. The van der Waals surface area contributed by atoms with Gasteiger partial charge in [0.25, 0.3) is 5.91 Å². The van der Waals surface area contributed by atoms with Gasteiger partial charge in [-0.2, -0.15) is 0 Å². The average Bonchev–Trinajstić information content (AvgIpc) is 3.59. The van der Waals surface area contributed by atoms with Crippen molar-refractivity contribution in [2.75, 3.05) is 32.8 Å².